The predicted molar refractivity (Wildman–Crippen MR) is 84.9 cm³/mol. The van der Waals surface area contributed by atoms with E-state index in [2.05, 4.69) is 11.5 Å². The van der Waals surface area contributed by atoms with Crippen molar-refractivity contribution >= 4 is 22.7 Å². The normalized spacial score (nSPS) is 10.3. The van der Waals surface area contributed by atoms with E-state index in [1.165, 1.54) is 12.1 Å². The molecule has 0 saturated heterocycles. The lowest BCUT2D eigenvalue weighted by Gasteiger charge is -2.21. The number of hydrogen-bond acceptors (Lipinski definition) is 5. The molecule has 0 spiro atoms. The Morgan fingerprint density at radius 3 is 2.14 bits per heavy atom. The van der Waals surface area contributed by atoms with Gasteiger partial charge in [0, 0.05) is 30.6 Å². The standard InChI is InChI=1S/C15H18N4O2/c1-10-4-11(2)6-13(5-10)18(3)14-7-12(17-16)8-15(9-14)19(20)21/h4-9,17H,16H2,1-3H3. The Bertz CT molecular complexity index is 665. The Morgan fingerprint density at radius 2 is 1.62 bits per heavy atom. The Morgan fingerprint density at radius 1 is 1.05 bits per heavy atom. The number of benzene rings is 2. The molecular weight excluding hydrogens is 268 g/mol. The van der Waals surface area contributed by atoms with Crippen LogP contribution in [0, 0.1) is 24.0 Å². The number of nitrogens with zero attached hydrogens (tertiary/aromatic N) is 2. The summed E-state index contributed by atoms with van der Waals surface area (Å²) in [6.45, 7) is 4.04. The van der Waals surface area contributed by atoms with E-state index in [0.29, 0.717) is 11.4 Å². The van der Waals surface area contributed by atoms with Crippen LogP contribution in [0.25, 0.3) is 0 Å². The zero-order valence-electron chi connectivity index (χ0n) is 12.3. The molecule has 0 aliphatic heterocycles. The molecule has 0 aliphatic rings. The van der Waals surface area contributed by atoms with E-state index < -0.39 is 4.92 Å². The first-order chi connectivity index (χ1) is 9.90. The zero-order valence-corrected chi connectivity index (χ0v) is 12.3. The van der Waals surface area contributed by atoms with Gasteiger partial charge in [-0.2, -0.15) is 0 Å². The van der Waals surface area contributed by atoms with Crippen LogP contribution in [-0.4, -0.2) is 12.0 Å². The first kappa shape index (κ1) is 14.8. The fourth-order valence-corrected chi connectivity index (χ4v) is 2.27. The maximum absolute atomic E-state index is 11.0. The second-order valence-corrected chi connectivity index (χ2v) is 5.04. The molecule has 0 saturated carbocycles. The molecule has 110 valence electrons. The average Bonchev–Trinajstić information content (AvgIpc) is 2.44. The summed E-state index contributed by atoms with van der Waals surface area (Å²) in [6, 6.07) is 10.8. The smallest absolute Gasteiger partial charge is 0.273 e. The van der Waals surface area contributed by atoms with E-state index in [1.54, 1.807) is 6.07 Å². The molecular formula is C15H18N4O2. The largest absolute Gasteiger partial charge is 0.344 e. The van der Waals surface area contributed by atoms with Gasteiger partial charge >= 0.3 is 0 Å². The van der Waals surface area contributed by atoms with Gasteiger partial charge in [-0.25, -0.2) is 0 Å². The average molecular weight is 286 g/mol. The molecule has 3 N–H and O–H groups in total. The third-order valence-electron chi connectivity index (χ3n) is 3.26. The lowest BCUT2D eigenvalue weighted by molar-refractivity contribution is -0.384. The topological polar surface area (TPSA) is 84.4 Å². The van der Waals surface area contributed by atoms with E-state index in [1.807, 2.05) is 37.9 Å². The van der Waals surface area contributed by atoms with Crippen molar-refractivity contribution in [1.29, 1.82) is 0 Å². The van der Waals surface area contributed by atoms with E-state index in [-0.39, 0.29) is 5.69 Å². The highest BCUT2D eigenvalue weighted by molar-refractivity contribution is 5.70. The molecule has 6 nitrogen and oxygen atoms in total. The summed E-state index contributed by atoms with van der Waals surface area (Å²) in [4.78, 5) is 12.5. The maximum Gasteiger partial charge on any atom is 0.273 e. The minimum absolute atomic E-state index is 0.00308. The number of non-ortho nitro benzene ring substituents is 1. The van der Waals surface area contributed by atoms with Crippen LogP contribution < -0.4 is 16.2 Å². The van der Waals surface area contributed by atoms with E-state index in [9.17, 15) is 10.1 Å². The monoisotopic (exact) mass is 286 g/mol. The van der Waals surface area contributed by atoms with Crippen molar-refractivity contribution in [1.82, 2.24) is 0 Å². The quantitative estimate of drug-likeness (QED) is 0.512. The van der Waals surface area contributed by atoms with Gasteiger partial charge in [-0.05, 0) is 43.2 Å². The Kier molecular flexibility index (Phi) is 4.09. The zero-order chi connectivity index (χ0) is 15.6. The number of nitrogens with two attached hydrogens (primary N) is 1. The van der Waals surface area contributed by atoms with Crippen LogP contribution in [0.1, 0.15) is 11.1 Å². The van der Waals surface area contributed by atoms with Gasteiger partial charge in [0.25, 0.3) is 5.69 Å². The molecule has 0 bridgehead atoms. The van der Waals surface area contributed by atoms with Gasteiger partial charge in [0.05, 0.1) is 10.6 Å². The van der Waals surface area contributed by atoms with Gasteiger partial charge in [-0.3, -0.25) is 16.0 Å². The summed E-state index contributed by atoms with van der Waals surface area (Å²) in [5, 5.41) is 11.0. The molecule has 0 radical (unpaired) electrons. The summed E-state index contributed by atoms with van der Waals surface area (Å²) < 4.78 is 0. The fraction of sp³-hybridized carbons (Fsp3) is 0.200. The highest BCUT2D eigenvalue weighted by atomic mass is 16.6. The molecule has 21 heavy (non-hydrogen) atoms. The lowest BCUT2D eigenvalue weighted by atomic mass is 10.1. The molecule has 6 heteroatoms. The van der Waals surface area contributed by atoms with Crippen molar-refractivity contribution in [2.75, 3.05) is 17.4 Å². The highest BCUT2D eigenvalue weighted by Crippen LogP contribution is 2.31. The van der Waals surface area contributed by atoms with E-state index in [4.69, 9.17) is 5.84 Å². The van der Waals surface area contributed by atoms with Gasteiger partial charge < -0.3 is 10.3 Å². The van der Waals surface area contributed by atoms with E-state index >= 15 is 0 Å². The van der Waals surface area contributed by atoms with Crippen LogP contribution in [0.3, 0.4) is 0 Å². The van der Waals surface area contributed by atoms with Crippen LogP contribution in [0.4, 0.5) is 22.7 Å². The molecule has 2 rings (SSSR count). The summed E-state index contributed by atoms with van der Waals surface area (Å²) in [7, 11) is 1.87. The number of nitrogen functional groups attached to an aromatic ring is 1. The van der Waals surface area contributed by atoms with Crippen LogP contribution in [0.5, 0.6) is 0 Å². The Labute approximate surface area is 123 Å². The number of hydrazine groups is 1. The van der Waals surface area contributed by atoms with Gasteiger partial charge in [0.15, 0.2) is 0 Å². The first-order valence-electron chi connectivity index (χ1n) is 6.49. The number of nitrogens with one attached hydrogen (secondary N) is 1. The third kappa shape index (κ3) is 3.29. The second kappa shape index (κ2) is 5.80. The van der Waals surface area contributed by atoms with Crippen molar-refractivity contribution in [2.24, 2.45) is 5.84 Å². The van der Waals surface area contributed by atoms with Crippen molar-refractivity contribution in [3.63, 3.8) is 0 Å². The lowest BCUT2D eigenvalue weighted by Crippen LogP contribution is -2.12. The number of hydrogen-bond donors (Lipinski definition) is 2. The van der Waals surface area contributed by atoms with Gasteiger partial charge in [-0.15, -0.1) is 0 Å². The molecule has 0 unspecified atom stereocenters. The second-order valence-electron chi connectivity index (χ2n) is 5.04. The minimum Gasteiger partial charge on any atom is -0.344 e. The van der Waals surface area contributed by atoms with E-state index in [0.717, 1.165) is 16.8 Å². The van der Waals surface area contributed by atoms with Gasteiger partial charge in [0.1, 0.15) is 0 Å². The van der Waals surface area contributed by atoms with Crippen molar-refractivity contribution in [3.05, 3.63) is 57.6 Å². The number of aryl methyl sites for hydroxylation is 2. The minimum atomic E-state index is -0.431. The molecule has 0 aromatic heterocycles. The molecule has 0 amide bonds. The number of nitro groups is 1. The molecule has 0 heterocycles. The Hall–Kier alpha value is -2.60. The third-order valence-corrected chi connectivity index (χ3v) is 3.26. The van der Waals surface area contributed by atoms with Crippen molar-refractivity contribution in [3.8, 4) is 0 Å². The fourth-order valence-electron chi connectivity index (χ4n) is 2.27. The molecule has 0 aliphatic carbocycles. The number of anilines is 3. The number of rotatable bonds is 4. The predicted octanol–water partition coefficient (Wildman–Crippen LogP) is 3.27. The van der Waals surface area contributed by atoms with Crippen LogP contribution in [-0.2, 0) is 0 Å². The maximum atomic E-state index is 11.0. The summed E-state index contributed by atoms with van der Waals surface area (Å²) in [5.41, 5.74) is 6.89. The summed E-state index contributed by atoms with van der Waals surface area (Å²) in [5.74, 6) is 5.38. The molecule has 2 aromatic rings. The van der Waals surface area contributed by atoms with Crippen LogP contribution in [0.15, 0.2) is 36.4 Å². The van der Waals surface area contributed by atoms with Crippen molar-refractivity contribution in [2.45, 2.75) is 13.8 Å². The summed E-state index contributed by atoms with van der Waals surface area (Å²) in [6.07, 6.45) is 0. The van der Waals surface area contributed by atoms with Crippen LogP contribution >= 0.6 is 0 Å². The summed E-state index contributed by atoms with van der Waals surface area (Å²) >= 11 is 0. The molecule has 2 aromatic carbocycles. The van der Waals surface area contributed by atoms with Crippen LogP contribution in [0.2, 0.25) is 0 Å². The molecule has 0 atom stereocenters. The van der Waals surface area contributed by atoms with Gasteiger partial charge in [0.2, 0.25) is 0 Å². The van der Waals surface area contributed by atoms with Crippen molar-refractivity contribution < 1.29 is 4.92 Å². The Balaban J connectivity index is 2.49. The highest BCUT2D eigenvalue weighted by Gasteiger charge is 2.13. The SMILES string of the molecule is Cc1cc(C)cc(N(C)c2cc(NN)cc([N+](=O)[O-])c2)c1. The number of nitro benzene ring substituents is 1. The first-order valence-corrected chi connectivity index (χ1v) is 6.49. The van der Waals surface area contributed by atoms with Gasteiger partial charge in [-0.1, -0.05) is 6.07 Å². The molecule has 0 fully saturated rings.